The fourth-order valence-corrected chi connectivity index (χ4v) is 2.63. The van der Waals surface area contributed by atoms with Crippen LogP contribution in [0.1, 0.15) is 32.6 Å². The third-order valence-corrected chi connectivity index (χ3v) is 4.99. The van der Waals surface area contributed by atoms with E-state index in [1.165, 1.54) is 6.92 Å². The minimum atomic E-state index is -3.52. The van der Waals surface area contributed by atoms with E-state index < -0.39 is 15.3 Å². The molecule has 4 N–H and O–H groups in total. The highest BCUT2D eigenvalue weighted by Gasteiger charge is 2.24. The molecule has 1 saturated carbocycles. The molecule has 8 heteroatoms. The highest BCUT2D eigenvalue weighted by atomic mass is 32.2. The SMILES string of the molecule is CC(C(N)=S)S(=O)(=O)NCCCC(=O)NC1CC1. The monoisotopic (exact) mass is 293 g/mol. The standard InChI is InChI=1S/C10H19N3O3S2/c1-7(10(11)17)18(15,16)12-6-2-3-9(14)13-8-4-5-8/h7-8,12H,2-6H2,1H3,(H2,11,17)(H,13,14). The molecule has 0 radical (unpaired) electrons. The zero-order valence-corrected chi connectivity index (χ0v) is 11.9. The number of carbonyl (C=O) groups is 1. The number of hydrogen-bond donors (Lipinski definition) is 3. The van der Waals surface area contributed by atoms with Crippen LogP contribution < -0.4 is 15.8 Å². The van der Waals surface area contributed by atoms with E-state index in [4.69, 9.17) is 5.73 Å². The van der Waals surface area contributed by atoms with Gasteiger partial charge in [-0.05, 0) is 26.2 Å². The highest BCUT2D eigenvalue weighted by molar-refractivity contribution is 7.93. The molecule has 0 bridgehead atoms. The molecule has 1 rings (SSSR count). The van der Waals surface area contributed by atoms with Crippen molar-refractivity contribution in [2.45, 2.75) is 43.9 Å². The summed E-state index contributed by atoms with van der Waals surface area (Å²) in [4.78, 5) is 11.3. The summed E-state index contributed by atoms with van der Waals surface area (Å²) in [5.74, 6) is -0.0286. The summed E-state index contributed by atoms with van der Waals surface area (Å²) in [6, 6.07) is 0.337. The largest absolute Gasteiger partial charge is 0.392 e. The van der Waals surface area contributed by atoms with Gasteiger partial charge in [0.1, 0.15) is 5.25 Å². The normalized spacial score (nSPS) is 17.2. The Morgan fingerprint density at radius 2 is 2.11 bits per heavy atom. The molecule has 1 unspecified atom stereocenters. The topological polar surface area (TPSA) is 101 Å². The van der Waals surface area contributed by atoms with Crippen LogP contribution >= 0.6 is 12.2 Å². The number of sulfonamides is 1. The van der Waals surface area contributed by atoms with Gasteiger partial charge in [-0.25, -0.2) is 13.1 Å². The molecule has 0 saturated heterocycles. The lowest BCUT2D eigenvalue weighted by Gasteiger charge is -2.12. The van der Waals surface area contributed by atoms with Crippen molar-refractivity contribution in [3.8, 4) is 0 Å². The first-order valence-electron chi connectivity index (χ1n) is 5.90. The molecule has 0 aromatic rings. The lowest BCUT2D eigenvalue weighted by molar-refractivity contribution is -0.121. The van der Waals surface area contributed by atoms with Crippen molar-refractivity contribution in [1.82, 2.24) is 10.0 Å². The summed E-state index contributed by atoms with van der Waals surface area (Å²) in [7, 11) is -3.52. The second-order valence-electron chi connectivity index (χ2n) is 4.43. The minimum Gasteiger partial charge on any atom is -0.392 e. The summed E-state index contributed by atoms with van der Waals surface area (Å²) in [5.41, 5.74) is 5.28. The summed E-state index contributed by atoms with van der Waals surface area (Å²) < 4.78 is 25.6. The van der Waals surface area contributed by atoms with Gasteiger partial charge in [0, 0.05) is 19.0 Å². The van der Waals surface area contributed by atoms with Crippen LogP contribution in [0.2, 0.25) is 0 Å². The Balaban J connectivity index is 2.20. The first-order valence-corrected chi connectivity index (χ1v) is 7.85. The van der Waals surface area contributed by atoms with Gasteiger partial charge in [0.15, 0.2) is 0 Å². The maximum atomic E-state index is 11.6. The Bertz CT molecular complexity index is 418. The van der Waals surface area contributed by atoms with E-state index in [-0.39, 0.29) is 17.4 Å². The number of carbonyl (C=O) groups excluding carboxylic acids is 1. The Hall–Kier alpha value is -0.730. The van der Waals surface area contributed by atoms with E-state index in [1.54, 1.807) is 0 Å². The third kappa shape index (κ3) is 5.28. The van der Waals surface area contributed by atoms with Gasteiger partial charge in [0.05, 0.1) is 4.99 Å². The van der Waals surface area contributed by atoms with Gasteiger partial charge in [0.25, 0.3) is 0 Å². The molecule has 0 aromatic heterocycles. The molecule has 0 heterocycles. The van der Waals surface area contributed by atoms with Crippen molar-refractivity contribution in [3.05, 3.63) is 0 Å². The number of amides is 1. The van der Waals surface area contributed by atoms with E-state index in [2.05, 4.69) is 22.3 Å². The maximum Gasteiger partial charge on any atom is 0.220 e. The molecular formula is C10H19N3O3S2. The first-order chi connectivity index (χ1) is 8.33. The Morgan fingerprint density at radius 1 is 1.50 bits per heavy atom. The third-order valence-electron chi connectivity index (χ3n) is 2.69. The van der Waals surface area contributed by atoms with Crippen molar-refractivity contribution >= 4 is 33.1 Å². The quantitative estimate of drug-likeness (QED) is 0.419. The van der Waals surface area contributed by atoms with E-state index in [9.17, 15) is 13.2 Å². The summed E-state index contributed by atoms with van der Waals surface area (Å²) >= 11 is 4.64. The molecule has 0 spiro atoms. The number of nitrogens with one attached hydrogen (secondary N) is 2. The second kappa shape index (κ2) is 6.44. The van der Waals surface area contributed by atoms with Crippen LogP contribution in [-0.4, -0.2) is 37.2 Å². The predicted molar refractivity (Wildman–Crippen MR) is 73.6 cm³/mol. The lowest BCUT2D eigenvalue weighted by atomic mass is 10.3. The van der Waals surface area contributed by atoms with Gasteiger partial charge in [-0.1, -0.05) is 12.2 Å². The van der Waals surface area contributed by atoms with Crippen LogP contribution in [0.15, 0.2) is 0 Å². The molecule has 1 fully saturated rings. The molecule has 0 aromatic carbocycles. The van der Waals surface area contributed by atoms with Crippen LogP contribution in [0.5, 0.6) is 0 Å². The smallest absolute Gasteiger partial charge is 0.220 e. The van der Waals surface area contributed by atoms with E-state index >= 15 is 0 Å². The summed E-state index contributed by atoms with van der Waals surface area (Å²) in [6.07, 6.45) is 2.87. The highest BCUT2D eigenvalue weighted by Crippen LogP contribution is 2.18. The molecule has 0 aliphatic heterocycles. The number of hydrogen-bond acceptors (Lipinski definition) is 4. The number of thiocarbonyl (C=S) groups is 1. The summed E-state index contributed by atoms with van der Waals surface area (Å²) in [5, 5.41) is 1.94. The molecule has 1 amide bonds. The minimum absolute atomic E-state index is 0.0286. The molecule has 1 atom stereocenters. The molecule has 104 valence electrons. The maximum absolute atomic E-state index is 11.6. The van der Waals surface area contributed by atoms with Crippen LogP contribution in [0, 0.1) is 0 Å². The molecule has 1 aliphatic carbocycles. The van der Waals surface area contributed by atoms with Crippen molar-refractivity contribution in [2.24, 2.45) is 5.73 Å². The van der Waals surface area contributed by atoms with Crippen molar-refractivity contribution < 1.29 is 13.2 Å². The van der Waals surface area contributed by atoms with Crippen LogP contribution in [-0.2, 0) is 14.8 Å². The zero-order chi connectivity index (χ0) is 13.8. The number of rotatable bonds is 8. The lowest BCUT2D eigenvalue weighted by Crippen LogP contribution is -2.40. The first kappa shape index (κ1) is 15.3. The van der Waals surface area contributed by atoms with Gasteiger partial charge in [-0.2, -0.15) is 0 Å². The predicted octanol–water partition coefficient (Wildman–Crippen LogP) is -0.361. The van der Waals surface area contributed by atoms with Gasteiger partial charge in [0.2, 0.25) is 15.9 Å². The van der Waals surface area contributed by atoms with Crippen molar-refractivity contribution in [1.29, 1.82) is 0 Å². The average molecular weight is 293 g/mol. The summed E-state index contributed by atoms with van der Waals surface area (Å²) in [6.45, 7) is 1.65. The average Bonchev–Trinajstić information content (AvgIpc) is 3.07. The van der Waals surface area contributed by atoms with Crippen LogP contribution in [0.3, 0.4) is 0 Å². The van der Waals surface area contributed by atoms with E-state index in [0.717, 1.165) is 12.8 Å². The molecule has 1 aliphatic rings. The van der Waals surface area contributed by atoms with Crippen molar-refractivity contribution in [2.75, 3.05) is 6.54 Å². The van der Waals surface area contributed by atoms with E-state index in [0.29, 0.717) is 18.9 Å². The van der Waals surface area contributed by atoms with Gasteiger partial charge in [-0.3, -0.25) is 4.79 Å². The Labute approximate surface area is 113 Å². The Morgan fingerprint density at radius 3 is 2.61 bits per heavy atom. The second-order valence-corrected chi connectivity index (χ2v) is 6.99. The zero-order valence-electron chi connectivity index (χ0n) is 10.3. The van der Waals surface area contributed by atoms with Gasteiger partial charge in [-0.15, -0.1) is 0 Å². The molecular weight excluding hydrogens is 274 g/mol. The van der Waals surface area contributed by atoms with Crippen LogP contribution in [0.4, 0.5) is 0 Å². The van der Waals surface area contributed by atoms with E-state index in [1.807, 2.05) is 0 Å². The van der Waals surface area contributed by atoms with Crippen molar-refractivity contribution in [3.63, 3.8) is 0 Å². The van der Waals surface area contributed by atoms with Gasteiger partial charge < -0.3 is 11.1 Å². The number of nitrogens with two attached hydrogens (primary N) is 1. The molecule has 6 nitrogen and oxygen atoms in total. The molecule has 18 heavy (non-hydrogen) atoms. The van der Waals surface area contributed by atoms with Gasteiger partial charge >= 0.3 is 0 Å². The van der Waals surface area contributed by atoms with Crippen LogP contribution in [0.25, 0.3) is 0 Å². The Kier molecular flexibility index (Phi) is 5.48. The fraction of sp³-hybridized carbons (Fsp3) is 0.800. The fourth-order valence-electron chi connectivity index (χ4n) is 1.27.